The first kappa shape index (κ1) is 20.5. The standard InChI is InChI=1S/C18H35NO3S/c1-2-3-4-5-6-7-10-13-16-23(21,22)18-15-12-9-8-11-14-17(18)19-20/h18,20H,2-16H2,1H3/b19-17-/t18-/m0/s1. The number of oxime groups is 1. The van der Waals surface area contributed by atoms with Crippen LogP contribution in [0, 0.1) is 0 Å². The van der Waals surface area contributed by atoms with E-state index in [-0.39, 0.29) is 5.75 Å². The van der Waals surface area contributed by atoms with E-state index in [2.05, 4.69) is 12.1 Å². The van der Waals surface area contributed by atoms with Gasteiger partial charge >= 0.3 is 0 Å². The molecule has 0 amide bonds. The van der Waals surface area contributed by atoms with Crippen LogP contribution in [-0.2, 0) is 9.84 Å². The Morgan fingerprint density at radius 2 is 1.57 bits per heavy atom. The zero-order valence-electron chi connectivity index (χ0n) is 14.8. The summed E-state index contributed by atoms with van der Waals surface area (Å²) in [6.07, 6.45) is 14.5. The van der Waals surface area contributed by atoms with Gasteiger partial charge in [0.25, 0.3) is 0 Å². The normalized spacial score (nSPS) is 22.0. The number of unbranched alkanes of at least 4 members (excludes halogenated alkanes) is 7. The third-order valence-corrected chi connectivity index (χ3v) is 7.10. The lowest BCUT2D eigenvalue weighted by atomic mass is 9.99. The zero-order valence-corrected chi connectivity index (χ0v) is 15.6. The Morgan fingerprint density at radius 3 is 2.22 bits per heavy atom. The quantitative estimate of drug-likeness (QED) is 0.340. The van der Waals surface area contributed by atoms with Crippen molar-refractivity contribution < 1.29 is 13.6 Å². The highest BCUT2D eigenvalue weighted by atomic mass is 32.2. The van der Waals surface area contributed by atoms with E-state index in [4.69, 9.17) is 0 Å². The molecule has 0 aromatic rings. The summed E-state index contributed by atoms with van der Waals surface area (Å²) in [6.45, 7) is 2.21. The first-order chi connectivity index (χ1) is 11.1. The maximum absolute atomic E-state index is 12.6. The first-order valence-electron chi connectivity index (χ1n) is 9.54. The van der Waals surface area contributed by atoms with Crippen molar-refractivity contribution in [2.24, 2.45) is 5.16 Å². The molecular weight excluding hydrogens is 310 g/mol. The van der Waals surface area contributed by atoms with E-state index in [1.54, 1.807) is 0 Å². The van der Waals surface area contributed by atoms with Crippen molar-refractivity contribution in [1.29, 1.82) is 0 Å². The predicted molar refractivity (Wildman–Crippen MR) is 97.1 cm³/mol. The largest absolute Gasteiger partial charge is 0.411 e. The minimum atomic E-state index is -3.18. The molecule has 1 N–H and O–H groups in total. The van der Waals surface area contributed by atoms with Crippen LogP contribution < -0.4 is 0 Å². The second-order valence-corrected chi connectivity index (χ2v) is 9.18. The molecule has 0 unspecified atom stereocenters. The average Bonchev–Trinajstić information content (AvgIpc) is 2.49. The molecule has 23 heavy (non-hydrogen) atoms. The second-order valence-electron chi connectivity index (χ2n) is 6.87. The Balaban J connectivity index is 2.35. The van der Waals surface area contributed by atoms with Crippen molar-refractivity contribution >= 4 is 15.5 Å². The Morgan fingerprint density at radius 1 is 0.957 bits per heavy atom. The molecule has 0 spiro atoms. The Hall–Kier alpha value is -0.580. The van der Waals surface area contributed by atoms with Crippen LogP contribution in [0.2, 0.25) is 0 Å². The molecule has 5 heteroatoms. The number of rotatable bonds is 10. The molecule has 0 heterocycles. The third kappa shape index (κ3) is 8.18. The van der Waals surface area contributed by atoms with Gasteiger partial charge in [-0.3, -0.25) is 0 Å². The Bertz CT molecular complexity index is 432. The molecule has 1 saturated carbocycles. The highest BCUT2D eigenvalue weighted by Crippen LogP contribution is 2.22. The number of nitrogens with zero attached hydrogens (tertiary/aromatic N) is 1. The first-order valence-corrected chi connectivity index (χ1v) is 11.3. The smallest absolute Gasteiger partial charge is 0.158 e. The van der Waals surface area contributed by atoms with Crippen LogP contribution in [0.3, 0.4) is 0 Å². The minimum Gasteiger partial charge on any atom is -0.411 e. The van der Waals surface area contributed by atoms with Crippen LogP contribution in [0.25, 0.3) is 0 Å². The van der Waals surface area contributed by atoms with E-state index in [0.29, 0.717) is 18.6 Å². The fraction of sp³-hybridized carbons (Fsp3) is 0.944. The molecule has 0 radical (unpaired) electrons. The Kier molecular flexibility index (Phi) is 10.6. The van der Waals surface area contributed by atoms with Gasteiger partial charge in [0, 0.05) is 0 Å². The predicted octanol–water partition coefficient (Wildman–Crippen LogP) is 5.09. The average molecular weight is 346 g/mol. The van der Waals surface area contributed by atoms with Crippen molar-refractivity contribution in [3.05, 3.63) is 0 Å². The van der Waals surface area contributed by atoms with Gasteiger partial charge in [0.15, 0.2) is 9.84 Å². The van der Waals surface area contributed by atoms with Crippen LogP contribution in [-0.4, -0.2) is 30.3 Å². The van der Waals surface area contributed by atoms with Crippen molar-refractivity contribution in [3.8, 4) is 0 Å². The lowest BCUT2D eigenvalue weighted by Crippen LogP contribution is -2.33. The van der Waals surface area contributed by atoms with Crippen LogP contribution >= 0.6 is 0 Å². The number of hydrogen-bond acceptors (Lipinski definition) is 4. The van der Waals surface area contributed by atoms with Crippen LogP contribution in [0.5, 0.6) is 0 Å². The summed E-state index contributed by atoms with van der Waals surface area (Å²) in [5, 5.41) is 12.0. The summed E-state index contributed by atoms with van der Waals surface area (Å²) in [6, 6.07) is 0. The molecule has 4 nitrogen and oxygen atoms in total. The molecule has 1 fully saturated rings. The SMILES string of the molecule is CCCCCCCCCCS(=O)(=O)[C@H]1CCCCCC/C1=N/O. The van der Waals surface area contributed by atoms with Gasteiger partial charge in [-0.1, -0.05) is 76.3 Å². The van der Waals surface area contributed by atoms with Crippen LogP contribution in [0.4, 0.5) is 0 Å². The minimum absolute atomic E-state index is 0.242. The fourth-order valence-electron chi connectivity index (χ4n) is 3.40. The van der Waals surface area contributed by atoms with E-state index in [0.717, 1.165) is 44.9 Å². The molecule has 0 saturated heterocycles. The molecule has 0 bridgehead atoms. The molecule has 1 rings (SSSR count). The van der Waals surface area contributed by atoms with Gasteiger partial charge < -0.3 is 5.21 Å². The van der Waals surface area contributed by atoms with E-state index in [9.17, 15) is 13.6 Å². The van der Waals surface area contributed by atoms with Gasteiger partial charge in [-0.15, -0.1) is 0 Å². The van der Waals surface area contributed by atoms with Gasteiger partial charge in [-0.05, 0) is 25.7 Å². The van der Waals surface area contributed by atoms with E-state index < -0.39 is 15.1 Å². The van der Waals surface area contributed by atoms with Gasteiger partial charge in [-0.25, -0.2) is 8.42 Å². The molecule has 1 atom stereocenters. The maximum Gasteiger partial charge on any atom is 0.158 e. The lowest BCUT2D eigenvalue weighted by Gasteiger charge is -2.21. The second kappa shape index (κ2) is 11.9. The molecule has 0 aromatic carbocycles. The molecule has 0 aromatic heterocycles. The van der Waals surface area contributed by atoms with Crippen molar-refractivity contribution in [3.63, 3.8) is 0 Å². The molecule has 1 aliphatic rings. The van der Waals surface area contributed by atoms with Crippen molar-refractivity contribution in [1.82, 2.24) is 0 Å². The summed E-state index contributed by atoms with van der Waals surface area (Å²) >= 11 is 0. The summed E-state index contributed by atoms with van der Waals surface area (Å²) in [4.78, 5) is 0. The Labute approximate surface area is 142 Å². The van der Waals surface area contributed by atoms with Crippen LogP contribution in [0.1, 0.15) is 96.8 Å². The fourth-order valence-corrected chi connectivity index (χ4v) is 5.39. The topological polar surface area (TPSA) is 66.7 Å². The zero-order chi connectivity index (χ0) is 17.0. The van der Waals surface area contributed by atoms with E-state index >= 15 is 0 Å². The summed E-state index contributed by atoms with van der Waals surface area (Å²) in [5.41, 5.74) is 0.490. The van der Waals surface area contributed by atoms with Crippen molar-refractivity contribution in [2.45, 2.75) is 102 Å². The van der Waals surface area contributed by atoms with Crippen molar-refractivity contribution in [2.75, 3.05) is 5.75 Å². The molecule has 136 valence electrons. The third-order valence-electron chi connectivity index (χ3n) is 4.87. The maximum atomic E-state index is 12.6. The highest BCUT2D eigenvalue weighted by Gasteiger charge is 2.30. The van der Waals surface area contributed by atoms with Gasteiger partial charge in [0.05, 0.1) is 11.5 Å². The molecule has 0 aliphatic heterocycles. The summed E-state index contributed by atoms with van der Waals surface area (Å²) in [7, 11) is -3.18. The van der Waals surface area contributed by atoms with E-state index in [1.807, 2.05) is 0 Å². The highest BCUT2D eigenvalue weighted by molar-refractivity contribution is 7.92. The molecule has 1 aliphatic carbocycles. The van der Waals surface area contributed by atoms with Crippen LogP contribution in [0.15, 0.2) is 5.16 Å². The van der Waals surface area contributed by atoms with E-state index in [1.165, 1.54) is 32.1 Å². The van der Waals surface area contributed by atoms with Gasteiger partial charge in [0.1, 0.15) is 5.25 Å². The lowest BCUT2D eigenvalue weighted by molar-refractivity contribution is 0.315. The summed E-state index contributed by atoms with van der Waals surface area (Å²) < 4.78 is 25.2. The molecular formula is C18H35NO3S. The monoisotopic (exact) mass is 345 g/mol. The van der Waals surface area contributed by atoms with Gasteiger partial charge in [0.2, 0.25) is 0 Å². The summed E-state index contributed by atoms with van der Waals surface area (Å²) in [5.74, 6) is 0.242. The number of hydrogen-bond donors (Lipinski definition) is 1. The van der Waals surface area contributed by atoms with Gasteiger partial charge in [-0.2, -0.15) is 0 Å². The number of sulfone groups is 1.